The van der Waals surface area contributed by atoms with Crippen molar-refractivity contribution < 1.29 is 4.79 Å². The molecule has 1 saturated carbocycles. The Hall–Kier alpha value is -0.610. The second kappa shape index (κ2) is 7.99. The molecule has 0 aromatic heterocycles. The molecule has 0 bridgehead atoms. The third-order valence-electron chi connectivity index (χ3n) is 4.71. The molecule has 20 heavy (non-hydrogen) atoms. The summed E-state index contributed by atoms with van der Waals surface area (Å²) >= 11 is 0. The van der Waals surface area contributed by atoms with Crippen LogP contribution in [0.25, 0.3) is 0 Å². The Labute approximate surface area is 124 Å². The summed E-state index contributed by atoms with van der Waals surface area (Å²) in [6.07, 6.45) is 6.84. The van der Waals surface area contributed by atoms with Crippen LogP contribution in [-0.4, -0.2) is 62.5 Å². The van der Waals surface area contributed by atoms with Gasteiger partial charge in [-0.2, -0.15) is 0 Å². The molecule has 2 atom stereocenters. The first-order valence-corrected chi connectivity index (χ1v) is 7.96. The number of rotatable bonds is 7. The quantitative estimate of drug-likeness (QED) is 0.726. The Kier molecular flexibility index (Phi) is 6.96. The minimum atomic E-state index is 0.223. The molecule has 0 heterocycles. The summed E-state index contributed by atoms with van der Waals surface area (Å²) in [4.78, 5) is 15.6. The molecule has 0 radical (unpaired) electrons. The van der Waals surface area contributed by atoms with Gasteiger partial charge in [0.2, 0.25) is 5.91 Å². The smallest absolute Gasteiger partial charge is 0.222 e. The minimum absolute atomic E-state index is 0.223. The molecule has 1 aliphatic carbocycles. The van der Waals surface area contributed by atoms with Crippen LogP contribution in [0.1, 0.15) is 45.4 Å². The molecule has 0 spiro atoms. The van der Waals surface area contributed by atoms with Gasteiger partial charge in [0.1, 0.15) is 0 Å². The van der Waals surface area contributed by atoms with Crippen molar-refractivity contribution in [1.29, 1.82) is 0 Å². The van der Waals surface area contributed by atoms with Gasteiger partial charge in [-0.1, -0.05) is 19.8 Å². The number of nitrogens with zero attached hydrogens (tertiary/aromatic N) is 2. The van der Waals surface area contributed by atoms with Gasteiger partial charge in [-0.05, 0) is 45.8 Å². The van der Waals surface area contributed by atoms with Crippen LogP contribution in [0.3, 0.4) is 0 Å². The van der Waals surface area contributed by atoms with Gasteiger partial charge in [0.15, 0.2) is 0 Å². The number of nitrogens with one attached hydrogen (secondary N) is 1. The molecule has 118 valence electrons. The summed E-state index contributed by atoms with van der Waals surface area (Å²) in [5, 5.41) is 3.58. The Morgan fingerprint density at radius 3 is 2.55 bits per heavy atom. The largest absolute Gasteiger partial charge is 0.349 e. The molecule has 0 aromatic rings. The monoisotopic (exact) mass is 283 g/mol. The van der Waals surface area contributed by atoms with Crippen molar-refractivity contribution >= 4 is 5.91 Å². The van der Waals surface area contributed by atoms with E-state index in [9.17, 15) is 4.79 Å². The highest BCUT2D eigenvalue weighted by molar-refractivity contribution is 5.75. The Morgan fingerprint density at radius 1 is 1.30 bits per heavy atom. The van der Waals surface area contributed by atoms with Crippen LogP contribution in [-0.2, 0) is 4.79 Å². The number of hydrogen-bond acceptors (Lipinski definition) is 3. The van der Waals surface area contributed by atoms with Crippen molar-refractivity contribution in [2.75, 3.05) is 41.3 Å². The van der Waals surface area contributed by atoms with Crippen LogP contribution < -0.4 is 5.32 Å². The molecule has 1 aliphatic rings. The molecule has 0 saturated heterocycles. The second-order valence-electron chi connectivity index (χ2n) is 6.89. The average molecular weight is 283 g/mol. The van der Waals surface area contributed by atoms with Crippen LogP contribution in [0, 0.1) is 5.92 Å². The third-order valence-corrected chi connectivity index (χ3v) is 4.71. The maximum absolute atomic E-state index is 11.5. The van der Waals surface area contributed by atoms with Crippen molar-refractivity contribution in [3.8, 4) is 0 Å². The van der Waals surface area contributed by atoms with E-state index in [1.807, 2.05) is 14.1 Å². The van der Waals surface area contributed by atoms with Gasteiger partial charge in [-0.25, -0.2) is 0 Å². The number of carbonyl (C=O) groups is 1. The fourth-order valence-corrected chi connectivity index (χ4v) is 3.27. The first-order valence-electron chi connectivity index (χ1n) is 7.96. The first-order chi connectivity index (χ1) is 9.37. The molecular formula is C16H33N3O. The summed E-state index contributed by atoms with van der Waals surface area (Å²) < 4.78 is 0. The summed E-state index contributed by atoms with van der Waals surface area (Å²) in [6.45, 7) is 4.34. The second-order valence-corrected chi connectivity index (χ2v) is 6.89. The lowest BCUT2D eigenvalue weighted by Crippen LogP contribution is -2.54. The van der Waals surface area contributed by atoms with E-state index in [4.69, 9.17) is 0 Å². The predicted octanol–water partition coefficient (Wildman–Crippen LogP) is 1.95. The topological polar surface area (TPSA) is 35.6 Å². The summed E-state index contributed by atoms with van der Waals surface area (Å²) in [5.74, 6) is 1.05. The van der Waals surface area contributed by atoms with Crippen LogP contribution >= 0.6 is 0 Å². The number of hydrogen-bond donors (Lipinski definition) is 1. The van der Waals surface area contributed by atoms with Gasteiger partial charge in [0.05, 0.1) is 0 Å². The van der Waals surface area contributed by atoms with Crippen LogP contribution in [0.5, 0.6) is 0 Å². The van der Waals surface area contributed by atoms with Gasteiger partial charge in [0.25, 0.3) is 0 Å². The highest BCUT2D eigenvalue weighted by Crippen LogP contribution is 2.35. The summed E-state index contributed by atoms with van der Waals surface area (Å²) in [6, 6.07) is 0. The first kappa shape index (κ1) is 17.4. The maximum Gasteiger partial charge on any atom is 0.222 e. The third kappa shape index (κ3) is 5.06. The van der Waals surface area contributed by atoms with Crippen molar-refractivity contribution in [3.63, 3.8) is 0 Å². The highest BCUT2D eigenvalue weighted by atomic mass is 16.2. The lowest BCUT2D eigenvalue weighted by molar-refractivity contribution is -0.128. The number of amides is 1. The summed E-state index contributed by atoms with van der Waals surface area (Å²) in [5.41, 5.74) is 0.309. The van der Waals surface area contributed by atoms with Crippen molar-refractivity contribution in [3.05, 3.63) is 0 Å². The van der Waals surface area contributed by atoms with E-state index in [2.05, 4.69) is 31.2 Å². The van der Waals surface area contributed by atoms with Crippen molar-refractivity contribution in [1.82, 2.24) is 15.1 Å². The van der Waals surface area contributed by atoms with Crippen LogP contribution in [0.15, 0.2) is 0 Å². The average Bonchev–Trinajstić information content (AvgIpc) is 2.37. The molecule has 1 rings (SSSR count). The van der Waals surface area contributed by atoms with Gasteiger partial charge in [-0.3, -0.25) is 4.79 Å². The van der Waals surface area contributed by atoms with E-state index >= 15 is 0 Å². The fourth-order valence-electron chi connectivity index (χ4n) is 3.27. The zero-order chi connectivity index (χ0) is 15.2. The van der Waals surface area contributed by atoms with Gasteiger partial charge >= 0.3 is 0 Å². The molecule has 1 amide bonds. The molecule has 1 fully saturated rings. The van der Waals surface area contributed by atoms with E-state index in [-0.39, 0.29) is 5.91 Å². The maximum atomic E-state index is 11.5. The molecule has 4 nitrogen and oxygen atoms in total. The van der Waals surface area contributed by atoms with E-state index in [0.29, 0.717) is 12.0 Å². The van der Waals surface area contributed by atoms with E-state index in [1.165, 1.54) is 25.7 Å². The van der Waals surface area contributed by atoms with Crippen molar-refractivity contribution in [2.24, 2.45) is 5.92 Å². The molecule has 1 N–H and O–H groups in total. The zero-order valence-electron chi connectivity index (χ0n) is 14.0. The fraction of sp³-hybridized carbons (Fsp3) is 0.938. The van der Waals surface area contributed by atoms with Crippen molar-refractivity contribution in [2.45, 2.75) is 51.0 Å². The van der Waals surface area contributed by atoms with E-state index in [1.54, 1.807) is 4.90 Å². The lowest BCUT2D eigenvalue weighted by Gasteiger charge is -2.45. The summed E-state index contributed by atoms with van der Waals surface area (Å²) in [7, 11) is 8.05. The van der Waals surface area contributed by atoms with Crippen LogP contribution in [0.2, 0.25) is 0 Å². The van der Waals surface area contributed by atoms with Crippen LogP contribution in [0.4, 0.5) is 0 Å². The SMILES string of the molecule is CC1CCCC(CNCCCC(=O)N(C)C)(N(C)C)C1. The Balaban J connectivity index is 2.32. The molecule has 0 aliphatic heterocycles. The van der Waals surface area contributed by atoms with Gasteiger partial charge in [-0.15, -0.1) is 0 Å². The number of likely N-dealkylation sites (N-methyl/N-ethyl adjacent to an activating group) is 1. The Bertz CT molecular complexity index is 304. The normalized spacial score (nSPS) is 26.8. The Morgan fingerprint density at radius 2 is 2.00 bits per heavy atom. The highest BCUT2D eigenvalue weighted by Gasteiger charge is 2.36. The number of carbonyl (C=O) groups excluding carboxylic acids is 1. The standard InChI is InChI=1S/C16H33N3O/c1-14-8-6-10-16(12-14,19(4)5)13-17-11-7-9-15(20)18(2)3/h14,17H,6-13H2,1-5H3. The predicted molar refractivity (Wildman–Crippen MR) is 84.8 cm³/mol. The lowest BCUT2D eigenvalue weighted by atomic mass is 9.75. The van der Waals surface area contributed by atoms with E-state index in [0.717, 1.165) is 25.4 Å². The van der Waals surface area contributed by atoms with Gasteiger partial charge in [0, 0.05) is 32.6 Å². The minimum Gasteiger partial charge on any atom is -0.349 e. The molecular weight excluding hydrogens is 250 g/mol. The molecule has 0 aromatic carbocycles. The van der Waals surface area contributed by atoms with E-state index < -0.39 is 0 Å². The zero-order valence-corrected chi connectivity index (χ0v) is 14.0. The molecule has 4 heteroatoms. The van der Waals surface area contributed by atoms with Gasteiger partial charge < -0.3 is 15.1 Å². The molecule has 2 unspecified atom stereocenters.